The van der Waals surface area contributed by atoms with E-state index in [4.69, 9.17) is 0 Å². The third-order valence-corrected chi connectivity index (χ3v) is 7.07. The maximum Gasteiger partial charge on any atom is 0.525 e. The summed E-state index contributed by atoms with van der Waals surface area (Å²) in [5.74, 6) is 0. The van der Waals surface area contributed by atoms with Crippen molar-refractivity contribution < 1.29 is 35.5 Å². The average Bonchev–Trinajstić information content (AvgIpc) is 2.35. The van der Waals surface area contributed by atoms with Crippen molar-refractivity contribution in [3.63, 3.8) is 0 Å². The summed E-state index contributed by atoms with van der Waals surface area (Å²) >= 11 is 0. The third kappa shape index (κ3) is 3.35. The van der Waals surface area contributed by atoms with Crippen LogP contribution in [0.3, 0.4) is 0 Å². The van der Waals surface area contributed by atoms with Gasteiger partial charge in [-0.3, -0.25) is 0 Å². The first-order valence-corrected chi connectivity index (χ1v) is 9.01. The fraction of sp³-hybridized carbons (Fsp3) is 0.385. The van der Waals surface area contributed by atoms with Crippen LogP contribution in [0.4, 0.5) is 30.7 Å². The molecule has 0 saturated carbocycles. The molecule has 0 aliphatic heterocycles. The Balaban J connectivity index is 3.56. The molecule has 0 spiro atoms. The van der Waals surface area contributed by atoms with Crippen molar-refractivity contribution in [1.82, 2.24) is 0 Å². The second kappa shape index (κ2) is 5.69. The maximum atomic E-state index is 14.5. The quantitative estimate of drug-likeness (QED) is 0.574. The van der Waals surface area contributed by atoms with E-state index in [0.717, 1.165) is 25.2 Å². The van der Waals surface area contributed by atoms with Gasteiger partial charge >= 0.3 is 12.5 Å². The molecule has 124 valence electrons. The topological polar surface area (TPSA) is 9.23 Å². The molecule has 1 nitrogen and oxygen atoms in total. The SMILES string of the molecule is C=Cc1ccccc1[Si](C)(C)C(F)(OC(F)(F)F)C(F)(F)F. The molecular formula is C13H13F7OSi. The van der Waals surface area contributed by atoms with E-state index in [0.29, 0.717) is 0 Å². The molecule has 0 aliphatic carbocycles. The zero-order valence-corrected chi connectivity index (χ0v) is 12.6. The van der Waals surface area contributed by atoms with Gasteiger partial charge in [-0.2, -0.15) is 13.2 Å². The van der Waals surface area contributed by atoms with E-state index in [1.54, 1.807) is 0 Å². The Bertz CT molecular complexity index is 550. The van der Waals surface area contributed by atoms with Crippen molar-refractivity contribution >= 4 is 19.3 Å². The Labute approximate surface area is 123 Å². The molecule has 22 heavy (non-hydrogen) atoms. The van der Waals surface area contributed by atoms with E-state index in [2.05, 4.69) is 11.3 Å². The van der Waals surface area contributed by atoms with Crippen LogP contribution in [0.5, 0.6) is 0 Å². The summed E-state index contributed by atoms with van der Waals surface area (Å²) in [7, 11) is -4.45. The minimum atomic E-state index is -5.84. The summed E-state index contributed by atoms with van der Waals surface area (Å²) in [4.78, 5) is 0. The molecule has 1 atom stereocenters. The summed E-state index contributed by atoms with van der Waals surface area (Å²) in [6, 6.07) is 5.29. The molecule has 0 aromatic heterocycles. The smallest absolute Gasteiger partial charge is 0.248 e. The fourth-order valence-corrected chi connectivity index (χ4v) is 4.96. The lowest BCUT2D eigenvalue weighted by molar-refractivity contribution is -0.423. The summed E-state index contributed by atoms with van der Waals surface area (Å²) < 4.78 is 93.7. The normalized spacial score (nSPS) is 16.2. The second-order valence-corrected chi connectivity index (χ2v) is 9.49. The van der Waals surface area contributed by atoms with Gasteiger partial charge in [0, 0.05) is 0 Å². The molecule has 9 heteroatoms. The van der Waals surface area contributed by atoms with Crippen LogP contribution in [0.15, 0.2) is 30.8 Å². The predicted octanol–water partition coefficient (Wildman–Crippen LogP) is 4.55. The summed E-state index contributed by atoms with van der Waals surface area (Å²) in [6.45, 7) is 5.04. The molecule has 1 rings (SSSR count). The van der Waals surface area contributed by atoms with Crippen LogP contribution in [-0.2, 0) is 4.74 Å². The fourth-order valence-electron chi connectivity index (χ4n) is 2.12. The summed E-state index contributed by atoms with van der Waals surface area (Å²) in [5, 5.41) is -0.172. The van der Waals surface area contributed by atoms with Crippen molar-refractivity contribution in [2.24, 2.45) is 0 Å². The zero-order valence-electron chi connectivity index (χ0n) is 11.6. The van der Waals surface area contributed by atoms with Gasteiger partial charge in [-0.05, 0) is 10.8 Å². The van der Waals surface area contributed by atoms with Gasteiger partial charge in [-0.25, -0.2) is 9.13 Å². The van der Waals surface area contributed by atoms with E-state index >= 15 is 0 Å². The highest BCUT2D eigenvalue weighted by Crippen LogP contribution is 2.45. The van der Waals surface area contributed by atoms with Crippen molar-refractivity contribution in [2.45, 2.75) is 31.1 Å². The maximum absolute atomic E-state index is 14.5. The van der Waals surface area contributed by atoms with E-state index in [9.17, 15) is 30.7 Å². The number of hydrogen-bond donors (Lipinski definition) is 0. The van der Waals surface area contributed by atoms with Crippen LogP contribution in [0, 0.1) is 0 Å². The Hall–Kier alpha value is -1.35. The number of hydrogen-bond acceptors (Lipinski definition) is 1. The van der Waals surface area contributed by atoms with Gasteiger partial charge in [-0.15, -0.1) is 13.2 Å². The Morgan fingerprint density at radius 2 is 1.50 bits per heavy atom. The molecule has 0 amide bonds. The molecule has 0 saturated heterocycles. The third-order valence-electron chi connectivity index (χ3n) is 3.28. The molecule has 0 heterocycles. The van der Waals surface area contributed by atoms with E-state index in [-0.39, 0.29) is 10.8 Å². The van der Waals surface area contributed by atoms with Crippen LogP contribution in [0.1, 0.15) is 5.56 Å². The first-order chi connectivity index (χ1) is 9.76. The second-order valence-electron chi connectivity index (χ2n) is 5.06. The average molecular weight is 346 g/mol. The van der Waals surface area contributed by atoms with Crippen LogP contribution in [0.2, 0.25) is 13.1 Å². The van der Waals surface area contributed by atoms with E-state index in [1.807, 2.05) is 0 Å². The van der Waals surface area contributed by atoms with Crippen LogP contribution in [0.25, 0.3) is 6.08 Å². The Kier molecular flexibility index (Phi) is 4.84. The van der Waals surface area contributed by atoms with Crippen molar-refractivity contribution in [3.8, 4) is 0 Å². The predicted molar refractivity (Wildman–Crippen MR) is 70.7 cm³/mol. The number of benzene rings is 1. The van der Waals surface area contributed by atoms with Gasteiger partial charge in [0.15, 0.2) is 8.07 Å². The van der Waals surface area contributed by atoms with Gasteiger partial charge in [0.2, 0.25) is 0 Å². The zero-order chi connectivity index (χ0) is 17.4. The summed E-state index contributed by atoms with van der Waals surface area (Å²) in [5.41, 5.74) is -4.69. The van der Waals surface area contributed by atoms with Gasteiger partial charge in [0.25, 0.3) is 5.48 Å². The molecule has 1 aromatic rings. The van der Waals surface area contributed by atoms with Crippen LogP contribution in [-0.4, -0.2) is 26.1 Å². The number of alkyl halides is 7. The van der Waals surface area contributed by atoms with Crippen molar-refractivity contribution in [2.75, 3.05) is 0 Å². The van der Waals surface area contributed by atoms with Gasteiger partial charge < -0.3 is 0 Å². The minimum Gasteiger partial charge on any atom is -0.248 e. The molecule has 0 bridgehead atoms. The number of halogens is 7. The highest BCUT2D eigenvalue weighted by molar-refractivity contribution is 6.92. The number of rotatable bonds is 4. The van der Waals surface area contributed by atoms with E-state index in [1.165, 1.54) is 18.2 Å². The van der Waals surface area contributed by atoms with Crippen molar-refractivity contribution in [1.29, 1.82) is 0 Å². The van der Waals surface area contributed by atoms with Crippen LogP contribution >= 0.6 is 0 Å². The lowest BCUT2D eigenvalue weighted by atomic mass is 10.2. The highest BCUT2D eigenvalue weighted by Gasteiger charge is 2.71. The van der Waals surface area contributed by atoms with Gasteiger partial charge in [-0.1, -0.05) is 50.0 Å². The first kappa shape index (κ1) is 18.7. The largest absolute Gasteiger partial charge is 0.525 e. The minimum absolute atomic E-state index is 0.135. The molecule has 0 N–H and O–H groups in total. The first-order valence-electron chi connectivity index (χ1n) is 6.01. The molecule has 0 aliphatic rings. The number of ether oxygens (including phenoxy) is 1. The highest BCUT2D eigenvalue weighted by atomic mass is 28.3. The molecule has 0 fully saturated rings. The summed E-state index contributed by atoms with van der Waals surface area (Å²) in [6.07, 6.45) is -10.4. The molecule has 1 unspecified atom stereocenters. The Morgan fingerprint density at radius 1 is 1.00 bits per heavy atom. The van der Waals surface area contributed by atoms with Crippen LogP contribution < -0.4 is 5.19 Å². The van der Waals surface area contributed by atoms with E-state index < -0.39 is 26.1 Å². The lowest BCUT2D eigenvalue weighted by Crippen LogP contribution is -2.69. The van der Waals surface area contributed by atoms with Gasteiger partial charge in [0.1, 0.15) is 0 Å². The lowest BCUT2D eigenvalue weighted by Gasteiger charge is -2.40. The molecule has 1 aromatic carbocycles. The van der Waals surface area contributed by atoms with Gasteiger partial charge in [0.05, 0.1) is 0 Å². The molecule has 0 radical (unpaired) electrons. The monoisotopic (exact) mass is 346 g/mol. The molecular weight excluding hydrogens is 333 g/mol. The van der Waals surface area contributed by atoms with Crippen molar-refractivity contribution in [3.05, 3.63) is 36.4 Å². The Morgan fingerprint density at radius 3 is 1.91 bits per heavy atom. The standard InChI is InChI=1S/C13H13F7OSi/c1-4-9-7-5-6-8-10(9)22(2,3)12(17,11(14,15)16)21-13(18,19)20/h4-8H,1H2,2-3H3.